The Labute approximate surface area is 166 Å². The Balaban J connectivity index is 1.74. The van der Waals surface area contributed by atoms with Crippen molar-refractivity contribution in [3.63, 3.8) is 0 Å². The van der Waals surface area contributed by atoms with Crippen LogP contribution in [-0.4, -0.2) is 35.3 Å². The maximum atomic E-state index is 11.5. The van der Waals surface area contributed by atoms with Crippen LogP contribution in [0.1, 0.15) is 24.1 Å². The van der Waals surface area contributed by atoms with Crippen LogP contribution in [0, 0.1) is 22.7 Å². The number of nitrogens with zero attached hydrogens (tertiary/aromatic N) is 5. The van der Waals surface area contributed by atoms with Crippen LogP contribution >= 0.6 is 0 Å². The van der Waals surface area contributed by atoms with Crippen LogP contribution in [0.3, 0.4) is 0 Å². The molecule has 146 valence electrons. The number of rotatable bonds is 6. The molecule has 3 N–H and O–H groups in total. The van der Waals surface area contributed by atoms with Gasteiger partial charge in [-0.15, -0.1) is 5.10 Å². The summed E-state index contributed by atoms with van der Waals surface area (Å²) in [6.45, 7) is 0. The lowest BCUT2D eigenvalue weighted by atomic mass is 10.2. The maximum Gasteiger partial charge on any atom is 0.229 e. The van der Waals surface area contributed by atoms with E-state index in [1.165, 1.54) is 16.8 Å². The molecule has 1 saturated carbocycles. The van der Waals surface area contributed by atoms with Gasteiger partial charge >= 0.3 is 0 Å². The van der Waals surface area contributed by atoms with E-state index in [4.69, 9.17) is 0 Å². The molecule has 0 atom stereocenters. The van der Waals surface area contributed by atoms with Gasteiger partial charge in [-0.3, -0.25) is 4.72 Å². The summed E-state index contributed by atoms with van der Waals surface area (Å²) in [6, 6.07) is 10.8. The summed E-state index contributed by atoms with van der Waals surface area (Å²) in [4.78, 5) is 4.27. The summed E-state index contributed by atoms with van der Waals surface area (Å²) < 4.78 is 26.9. The number of nitriles is 2. The third-order valence-corrected chi connectivity index (χ3v) is 4.76. The molecule has 2 heterocycles. The molecule has 4 rings (SSSR count). The zero-order chi connectivity index (χ0) is 20.6. The average Bonchev–Trinajstić information content (AvgIpc) is 3.36. The number of anilines is 4. The lowest BCUT2D eigenvalue weighted by molar-refractivity contribution is 0.607. The summed E-state index contributed by atoms with van der Waals surface area (Å²) in [5.74, 6) is 0.413. The summed E-state index contributed by atoms with van der Waals surface area (Å²) in [6.07, 6.45) is 4.61. The second kappa shape index (κ2) is 6.96. The first-order valence-electron chi connectivity index (χ1n) is 8.70. The minimum Gasteiger partial charge on any atom is -0.379 e. The van der Waals surface area contributed by atoms with Crippen molar-refractivity contribution in [1.82, 2.24) is 14.6 Å². The van der Waals surface area contributed by atoms with Gasteiger partial charge < -0.3 is 10.6 Å². The van der Waals surface area contributed by atoms with Crippen LogP contribution in [0.25, 0.3) is 5.65 Å². The van der Waals surface area contributed by atoms with Crippen molar-refractivity contribution in [2.75, 3.05) is 21.6 Å². The van der Waals surface area contributed by atoms with Gasteiger partial charge in [0.15, 0.2) is 17.2 Å². The molecule has 0 saturated heterocycles. The molecule has 1 fully saturated rings. The monoisotopic (exact) mass is 408 g/mol. The molecule has 0 bridgehead atoms. The molecule has 1 aromatic carbocycles. The van der Waals surface area contributed by atoms with Gasteiger partial charge in [0.2, 0.25) is 10.0 Å². The largest absolute Gasteiger partial charge is 0.379 e. The Bertz CT molecular complexity index is 1300. The fraction of sp³-hybridized carbons (Fsp3) is 0.222. The number of hydrogen-bond acceptors (Lipinski definition) is 8. The first kappa shape index (κ1) is 18.5. The standard InChI is InChI=1S/C18H16N8O2S/c1-29(27,28)25-14-5-11(8-19)4-13(6-14)23-17-7-16(22-12-2-3-12)18-21-10-15(9-20)26(18)24-17/h4-7,10,12,22,25H,2-3H2,1H3,(H,23,24). The fourth-order valence-corrected chi connectivity index (χ4v) is 3.39. The van der Waals surface area contributed by atoms with Crippen LogP contribution in [-0.2, 0) is 10.0 Å². The highest BCUT2D eigenvalue weighted by molar-refractivity contribution is 7.92. The number of nitrogens with one attached hydrogen (secondary N) is 3. The molecule has 2 aromatic heterocycles. The molecule has 29 heavy (non-hydrogen) atoms. The smallest absolute Gasteiger partial charge is 0.229 e. The first-order valence-corrected chi connectivity index (χ1v) is 10.6. The average molecular weight is 408 g/mol. The molecule has 1 aliphatic rings. The van der Waals surface area contributed by atoms with E-state index in [9.17, 15) is 18.9 Å². The lowest BCUT2D eigenvalue weighted by Crippen LogP contribution is -2.10. The minimum atomic E-state index is -3.50. The summed E-state index contributed by atoms with van der Waals surface area (Å²) in [5.41, 5.74) is 2.57. The number of benzene rings is 1. The van der Waals surface area contributed by atoms with Crippen molar-refractivity contribution >= 4 is 38.6 Å². The van der Waals surface area contributed by atoms with Crippen molar-refractivity contribution in [3.8, 4) is 12.1 Å². The second-order valence-corrected chi connectivity index (χ2v) is 8.51. The van der Waals surface area contributed by atoms with Crippen LogP contribution < -0.4 is 15.4 Å². The Hall–Kier alpha value is -3.83. The number of fused-ring (bicyclic) bond motifs is 1. The van der Waals surface area contributed by atoms with Crippen LogP contribution in [0.4, 0.5) is 22.9 Å². The van der Waals surface area contributed by atoms with E-state index in [2.05, 4.69) is 31.5 Å². The maximum absolute atomic E-state index is 11.5. The molecular formula is C18H16N8O2S. The SMILES string of the molecule is CS(=O)(=O)Nc1cc(C#N)cc(Nc2cc(NC3CC3)c3ncc(C#N)n3n2)c1. The Kier molecular flexibility index (Phi) is 4.45. The topological polar surface area (TPSA) is 148 Å². The van der Waals surface area contributed by atoms with Gasteiger partial charge in [-0.25, -0.2) is 13.4 Å². The van der Waals surface area contributed by atoms with E-state index in [0.29, 0.717) is 23.2 Å². The van der Waals surface area contributed by atoms with Gasteiger partial charge in [-0.05, 0) is 31.0 Å². The number of aromatic nitrogens is 3. The first-order chi connectivity index (χ1) is 13.8. The van der Waals surface area contributed by atoms with Crippen LogP contribution in [0.5, 0.6) is 0 Å². The van der Waals surface area contributed by atoms with Crippen molar-refractivity contribution in [1.29, 1.82) is 10.5 Å². The quantitative estimate of drug-likeness (QED) is 0.562. The Morgan fingerprint density at radius 3 is 2.55 bits per heavy atom. The third kappa shape index (κ3) is 4.20. The summed E-state index contributed by atoms with van der Waals surface area (Å²) in [7, 11) is -3.50. The van der Waals surface area contributed by atoms with Gasteiger partial charge in [-0.1, -0.05) is 0 Å². The van der Waals surface area contributed by atoms with E-state index in [-0.39, 0.29) is 16.9 Å². The highest BCUT2D eigenvalue weighted by atomic mass is 32.2. The molecule has 10 nitrogen and oxygen atoms in total. The number of hydrogen-bond donors (Lipinski definition) is 3. The Morgan fingerprint density at radius 2 is 1.90 bits per heavy atom. The van der Waals surface area contributed by atoms with E-state index < -0.39 is 10.0 Å². The highest BCUT2D eigenvalue weighted by Gasteiger charge is 2.23. The van der Waals surface area contributed by atoms with E-state index in [1.807, 2.05) is 6.07 Å². The molecule has 0 amide bonds. The van der Waals surface area contributed by atoms with Gasteiger partial charge in [0.05, 0.1) is 35.5 Å². The van der Waals surface area contributed by atoms with Gasteiger partial charge in [-0.2, -0.15) is 15.0 Å². The molecular weight excluding hydrogens is 392 g/mol. The second-order valence-electron chi connectivity index (χ2n) is 6.76. The zero-order valence-electron chi connectivity index (χ0n) is 15.3. The van der Waals surface area contributed by atoms with Gasteiger partial charge in [0.25, 0.3) is 0 Å². The van der Waals surface area contributed by atoms with Crippen molar-refractivity contribution in [3.05, 3.63) is 41.7 Å². The number of imidazole rings is 1. The predicted octanol–water partition coefficient (Wildman–Crippen LogP) is 2.16. The zero-order valence-corrected chi connectivity index (χ0v) is 16.2. The molecule has 11 heteroatoms. The van der Waals surface area contributed by atoms with Crippen LogP contribution in [0.2, 0.25) is 0 Å². The van der Waals surface area contributed by atoms with Crippen molar-refractivity contribution in [2.24, 2.45) is 0 Å². The van der Waals surface area contributed by atoms with E-state index >= 15 is 0 Å². The number of sulfonamides is 1. The summed E-state index contributed by atoms with van der Waals surface area (Å²) >= 11 is 0. The minimum absolute atomic E-state index is 0.256. The normalized spacial score (nSPS) is 13.5. The lowest BCUT2D eigenvalue weighted by Gasteiger charge is -2.12. The molecule has 0 unspecified atom stereocenters. The molecule has 0 aliphatic heterocycles. The summed E-state index contributed by atoms with van der Waals surface area (Å²) in [5, 5.41) is 29.4. The molecule has 0 spiro atoms. The fourth-order valence-electron chi connectivity index (χ4n) is 2.84. The molecule has 0 radical (unpaired) electrons. The third-order valence-electron chi connectivity index (χ3n) is 4.16. The predicted molar refractivity (Wildman–Crippen MR) is 107 cm³/mol. The highest BCUT2D eigenvalue weighted by Crippen LogP contribution is 2.30. The van der Waals surface area contributed by atoms with Crippen molar-refractivity contribution < 1.29 is 8.42 Å². The molecule has 3 aromatic rings. The van der Waals surface area contributed by atoms with Gasteiger partial charge in [0, 0.05) is 17.8 Å². The van der Waals surface area contributed by atoms with E-state index in [0.717, 1.165) is 24.8 Å². The van der Waals surface area contributed by atoms with Crippen LogP contribution in [0.15, 0.2) is 30.5 Å². The Morgan fingerprint density at radius 1 is 1.14 bits per heavy atom. The van der Waals surface area contributed by atoms with Gasteiger partial charge in [0.1, 0.15) is 6.07 Å². The van der Waals surface area contributed by atoms with E-state index in [1.54, 1.807) is 18.2 Å². The van der Waals surface area contributed by atoms with Crippen molar-refractivity contribution in [2.45, 2.75) is 18.9 Å². The molecule has 1 aliphatic carbocycles.